The number of carbonyl (C=O) groups excluding carboxylic acids is 2. The number of carbonyl (C=O) groups is 2. The van der Waals surface area contributed by atoms with Crippen LogP contribution in [-0.4, -0.2) is 58.2 Å². The van der Waals surface area contributed by atoms with Gasteiger partial charge in [0.2, 0.25) is 5.91 Å². The smallest absolute Gasteiger partial charge is 0.273 e. The molecule has 1 heterocycles. The van der Waals surface area contributed by atoms with Crippen molar-refractivity contribution in [1.82, 2.24) is 14.7 Å². The Labute approximate surface area is 229 Å². The van der Waals surface area contributed by atoms with Gasteiger partial charge in [-0.15, -0.1) is 0 Å². The van der Waals surface area contributed by atoms with Crippen LogP contribution in [0.1, 0.15) is 59.9 Å². The first-order chi connectivity index (χ1) is 18.3. The average molecular weight is 536 g/mol. The third-order valence-corrected chi connectivity index (χ3v) is 6.38. The fourth-order valence-corrected chi connectivity index (χ4v) is 4.19. The molecule has 0 aliphatic rings. The molecule has 0 aliphatic carbocycles. The van der Waals surface area contributed by atoms with Crippen molar-refractivity contribution in [2.75, 3.05) is 32.1 Å². The van der Waals surface area contributed by atoms with Gasteiger partial charge in [0, 0.05) is 48.9 Å². The lowest BCUT2D eigenvalue weighted by atomic mass is 9.92. The van der Waals surface area contributed by atoms with Crippen LogP contribution >= 0.6 is 0 Å². The third kappa shape index (κ3) is 7.29. The molecule has 3 rings (SSSR count). The number of nitro benzene ring substituents is 1. The van der Waals surface area contributed by atoms with Gasteiger partial charge in [-0.25, -0.2) is 4.68 Å². The number of hydrogen-bond acceptors (Lipinski definition) is 6. The molecule has 0 spiro atoms. The summed E-state index contributed by atoms with van der Waals surface area (Å²) in [6, 6.07) is 12.2. The van der Waals surface area contributed by atoms with E-state index in [2.05, 4.69) is 11.4 Å². The minimum atomic E-state index is -0.519. The predicted octanol–water partition coefficient (Wildman–Crippen LogP) is 5.12. The van der Waals surface area contributed by atoms with Gasteiger partial charge in [-0.1, -0.05) is 44.5 Å². The molecule has 0 saturated heterocycles. The van der Waals surface area contributed by atoms with Gasteiger partial charge in [0.15, 0.2) is 0 Å². The molecule has 39 heavy (non-hydrogen) atoms. The minimum Gasteiger partial charge on any atom is -0.385 e. The van der Waals surface area contributed by atoms with E-state index in [4.69, 9.17) is 9.84 Å². The van der Waals surface area contributed by atoms with Crippen molar-refractivity contribution >= 4 is 23.3 Å². The summed E-state index contributed by atoms with van der Waals surface area (Å²) in [5.41, 5.74) is 3.96. The summed E-state index contributed by atoms with van der Waals surface area (Å²) >= 11 is 0. The first-order valence-electron chi connectivity index (χ1n) is 12.8. The van der Waals surface area contributed by atoms with Crippen LogP contribution in [-0.2, 0) is 14.9 Å². The molecule has 0 atom stereocenters. The van der Waals surface area contributed by atoms with Gasteiger partial charge in [-0.3, -0.25) is 19.7 Å². The van der Waals surface area contributed by atoms with E-state index in [1.807, 2.05) is 52.8 Å². The number of aromatic nitrogens is 2. The van der Waals surface area contributed by atoms with Crippen LogP contribution in [0.4, 0.5) is 11.5 Å². The fourth-order valence-electron chi connectivity index (χ4n) is 4.19. The van der Waals surface area contributed by atoms with E-state index in [0.717, 1.165) is 22.5 Å². The topological polar surface area (TPSA) is 120 Å². The molecule has 0 bridgehead atoms. The van der Waals surface area contributed by atoms with E-state index in [-0.39, 0.29) is 29.8 Å². The summed E-state index contributed by atoms with van der Waals surface area (Å²) in [5, 5.41) is 19.1. The summed E-state index contributed by atoms with van der Waals surface area (Å²) in [7, 11) is 1.56. The van der Waals surface area contributed by atoms with Crippen molar-refractivity contribution in [3.63, 3.8) is 0 Å². The number of methoxy groups -OCH3 is 1. The highest BCUT2D eigenvalue weighted by atomic mass is 16.6. The number of ether oxygens (including phenoxy) is 1. The molecule has 208 valence electrons. The quantitative estimate of drug-likeness (QED) is 0.219. The van der Waals surface area contributed by atoms with E-state index in [1.165, 1.54) is 23.1 Å². The summed E-state index contributed by atoms with van der Waals surface area (Å²) in [4.78, 5) is 39.0. The summed E-state index contributed by atoms with van der Waals surface area (Å²) < 4.78 is 6.84. The summed E-state index contributed by atoms with van der Waals surface area (Å²) in [6.45, 7) is 12.1. The van der Waals surface area contributed by atoms with Crippen LogP contribution in [0.15, 0.2) is 42.5 Å². The van der Waals surface area contributed by atoms with Gasteiger partial charge in [0.25, 0.3) is 11.6 Å². The molecule has 2 aromatic carbocycles. The zero-order valence-electron chi connectivity index (χ0n) is 23.7. The Morgan fingerprint density at radius 2 is 1.79 bits per heavy atom. The Bertz CT molecular complexity index is 1370. The summed E-state index contributed by atoms with van der Waals surface area (Å²) in [6.07, 6.45) is 0.498. The van der Waals surface area contributed by atoms with E-state index in [1.54, 1.807) is 18.7 Å². The molecule has 3 aromatic rings. The predicted molar refractivity (Wildman–Crippen MR) is 151 cm³/mol. The molecule has 0 unspecified atom stereocenters. The van der Waals surface area contributed by atoms with Crippen LogP contribution in [0.3, 0.4) is 0 Å². The fraction of sp³-hybridized carbons (Fsp3) is 0.414. The number of nitrogens with zero attached hydrogens (tertiary/aromatic N) is 4. The van der Waals surface area contributed by atoms with Crippen molar-refractivity contribution in [3.8, 4) is 5.69 Å². The molecule has 10 nitrogen and oxygen atoms in total. The molecule has 2 amide bonds. The van der Waals surface area contributed by atoms with Crippen molar-refractivity contribution < 1.29 is 19.2 Å². The highest BCUT2D eigenvalue weighted by Crippen LogP contribution is 2.28. The van der Waals surface area contributed by atoms with Crippen LogP contribution in [0.2, 0.25) is 0 Å². The van der Waals surface area contributed by atoms with Crippen molar-refractivity contribution in [1.29, 1.82) is 0 Å². The van der Waals surface area contributed by atoms with Crippen LogP contribution < -0.4 is 5.32 Å². The van der Waals surface area contributed by atoms with Gasteiger partial charge in [0.05, 0.1) is 16.3 Å². The first-order valence-corrected chi connectivity index (χ1v) is 12.8. The Morgan fingerprint density at radius 1 is 1.08 bits per heavy atom. The third-order valence-electron chi connectivity index (χ3n) is 6.38. The standard InChI is InChI=1S/C29H37N5O5/c1-19-9-12-23(21(3)15-19)33-26(17-25(31-33)29(4,5)6)30-27(35)18-32(13-8-14-39-7)28(36)22-11-10-20(2)24(16-22)34(37)38/h9-12,15-17H,8,13-14,18H2,1-7H3,(H,30,35). The van der Waals surface area contributed by atoms with Gasteiger partial charge in [-0.05, 0) is 44.9 Å². The number of anilines is 1. The van der Waals surface area contributed by atoms with E-state index >= 15 is 0 Å². The second-order valence-electron chi connectivity index (χ2n) is 10.7. The largest absolute Gasteiger partial charge is 0.385 e. The highest BCUT2D eigenvalue weighted by Gasteiger charge is 2.25. The maximum Gasteiger partial charge on any atom is 0.273 e. The Kier molecular flexibility index (Phi) is 9.24. The Hall–Kier alpha value is -4.05. The lowest BCUT2D eigenvalue weighted by molar-refractivity contribution is -0.385. The van der Waals surface area contributed by atoms with E-state index < -0.39 is 16.7 Å². The van der Waals surface area contributed by atoms with Crippen molar-refractivity contribution in [2.24, 2.45) is 0 Å². The number of nitrogens with one attached hydrogen (secondary N) is 1. The lowest BCUT2D eigenvalue weighted by Crippen LogP contribution is -2.39. The first kappa shape index (κ1) is 29.5. The normalized spacial score (nSPS) is 11.4. The Morgan fingerprint density at radius 3 is 2.41 bits per heavy atom. The van der Waals surface area contributed by atoms with Crippen LogP contribution in [0.5, 0.6) is 0 Å². The van der Waals surface area contributed by atoms with Gasteiger partial charge < -0.3 is 15.0 Å². The van der Waals surface area contributed by atoms with E-state index in [0.29, 0.717) is 24.4 Å². The Balaban J connectivity index is 1.91. The van der Waals surface area contributed by atoms with Crippen molar-refractivity contribution in [3.05, 3.63) is 80.5 Å². The highest BCUT2D eigenvalue weighted by molar-refractivity contribution is 5.99. The number of nitro groups is 1. The number of amides is 2. The van der Waals surface area contributed by atoms with Gasteiger partial charge >= 0.3 is 0 Å². The van der Waals surface area contributed by atoms with Gasteiger partial charge in [0.1, 0.15) is 12.4 Å². The number of rotatable bonds is 10. The number of hydrogen-bond donors (Lipinski definition) is 1. The molecule has 1 aromatic heterocycles. The number of benzene rings is 2. The monoisotopic (exact) mass is 535 g/mol. The number of aryl methyl sites for hydroxylation is 3. The molecular formula is C29H37N5O5. The SMILES string of the molecule is COCCCN(CC(=O)Nc1cc(C(C)(C)C)nn1-c1ccc(C)cc1C)C(=O)c1ccc(C)c([N+](=O)[O-])c1. The minimum absolute atomic E-state index is 0.144. The van der Waals surface area contributed by atoms with Gasteiger partial charge in [-0.2, -0.15) is 5.10 Å². The molecule has 0 radical (unpaired) electrons. The second-order valence-corrected chi connectivity index (χ2v) is 10.7. The second kappa shape index (κ2) is 12.2. The molecule has 10 heteroatoms. The molecule has 1 N–H and O–H groups in total. The average Bonchev–Trinajstić information content (AvgIpc) is 3.27. The molecule has 0 fully saturated rings. The lowest BCUT2D eigenvalue weighted by Gasteiger charge is -2.22. The van der Waals surface area contributed by atoms with Crippen LogP contribution in [0.25, 0.3) is 5.69 Å². The molecule has 0 aliphatic heterocycles. The zero-order valence-corrected chi connectivity index (χ0v) is 23.7. The maximum absolute atomic E-state index is 13.4. The molecular weight excluding hydrogens is 498 g/mol. The zero-order chi connectivity index (χ0) is 28.9. The van der Waals surface area contributed by atoms with Crippen LogP contribution in [0, 0.1) is 30.9 Å². The van der Waals surface area contributed by atoms with Crippen molar-refractivity contribution in [2.45, 2.75) is 53.4 Å². The maximum atomic E-state index is 13.4. The molecule has 0 saturated carbocycles. The summed E-state index contributed by atoms with van der Waals surface area (Å²) in [5.74, 6) is -0.386. The van der Waals surface area contributed by atoms with E-state index in [9.17, 15) is 19.7 Å².